The summed E-state index contributed by atoms with van der Waals surface area (Å²) in [6.07, 6.45) is 0. The van der Waals surface area contributed by atoms with Crippen molar-refractivity contribution in [2.75, 3.05) is 5.32 Å². The number of nitrogens with one attached hydrogen (secondary N) is 1. The molecule has 0 fully saturated rings. The molecule has 0 amide bonds. The second-order valence-corrected chi connectivity index (χ2v) is 4.81. The first kappa shape index (κ1) is 14.1. The van der Waals surface area contributed by atoms with E-state index in [-0.39, 0.29) is 16.5 Å². The Kier molecular flexibility index (Phi) is 4.10. The zero-order valence-electron chi connectivity index (χ0n) is 10.8. The Morgan fingerprint density at radius 3 is 2.70 bits per heavy atom. The van der Waals surface area contributed by atoms with E-state index in [0.717, 1.165) is 11.1 Å². The molecule has 0 aliphatic carbocycles. The standard InChI is InChI=1S/C14H13ClN2O3/c1-9-2-5-14(18)10(6-9)8-16-13-4-3-11(17(19)20)7-12(13)15/h2-7,16,18H,8H2,1H3. The SMILES string of the molecule is Cc1ccc(O)c(CNc2ccc([N+](=O)[O-])cc2Cl)c1. The molecule has 0 unspecified atom stereocenters. The molecule has 0 spiro atoms. The predicted molar refractivity (Wildman–Crippen MR) is 78.3 cm³/mol. The molecule has 0 saturated carbocycles. The molecular weight excluding hydrogens is 280 g/mol. The van der Waals surface area contributed by atoms with Crippen LogP contribution >= 0.6 is 11.6 Å². The Hall–Kier alpha value is -2.27. The molecule has 20 heavy (non-hydrogen) atoms. The highest BCUT2D eigenvalue weighted by molar-refractivity contribution is 6.33. The van der Waals surface area contributed by atoms with Crippen molar-refractivity contribution in [3.8, 4) is 5.75 Å². The van der Waals surface area contributed by atoms with Crippen molar-refractivity contribution in [3.63, 3.8) is 0 Å². The molecule has 104 valence electrons. The van der Waals surface area contributed by atoms with Gasteiger partial charge in [0.05, 0.1) is 15.6 Å². The number of nitro groups is 1. The van der Waals surface area contributed by atoms with Crippen LogP contribution in [-0.2, 0) is 6.54 Å². The number of hydrogen-bond acceptors (Lipinski definition) is 4. The van der Waals surface area contributed by atoms with Gasteiger partial charge in [-0.15, -0.1) is 0 Å². The Morgan fingerprint density at radius 1 is 1.30 bits per heavy atom. The van der Waals surface area contributed by atoms with Gasteiger partial charge in [0, 0.05) is 24.2 Å². The zero-order chi connectivity index (χ0) is 14.7. The van der Waals surface area contributed by atoms with Crippen LogP contribution in [0.2, 0.25) is 5.02 Å². The van der Waals surface area contributed by atoms with E-state index in [1.165, 1.54) is 12.1 Å². The average molecular weight is 293 g/mol. The van der Waals surface area contributed by atoms with Crippen LogP contribution in [0.5, 0.6) is 5.75 Å². The van der Waals surface area contributed by atoms with Gasteiger partial charge in [-0.3, -0.25) is 10.1 Å². The monoisotopic (exact) mass is 292 g/mol. The lowest BCUT2D eigenvalue weighted by Gasteiger charge is -2.10. The summed E-state index contributed by atoms with van der Waals surface area (Å²) < 4.78 is 0. The van der Waals surface area contributed by atoms with Crippen LogP contribution in [0.4, 0.5) is 11.4 Å². The van der Waals surface area contributed by atoms with Crippen molar-refractivity contribution in [1.29, 1.82) is 0 Å². The fourth-order valence-corrected chi connectivity index (χ4v) is 2.05. The number of phenols is 1. The number of aryl methyl sites for hydroxylation is 1. The topological polar surface area (TPSA) is 75.4 Å². The quantitative estimate of drug-likeness (QED) is 0.662. The summed E-state index contributed by atoms with van der Waals surface area (Å²) in [6, 6.07) is 9.53. The van der Waals surface area contributed by atoms with Gasteiger partial charge in [-0.25, -0.2) is 0 Å². The molecule has 2 N–H and O–H groups in total. The van der Waals surface area contributed by atoms with Crippen LogP contribution in [0.1, 0.15) is 11.1 Å². The van der Waals surface area contributed by atoms with Gasteiger partial charge in [0.15, 0.2) is 0 Å². The number of anilines is 1. The Bertz CT molecular complexity index is 659. The third kappa shape index (κ3) is 3.19. The van der Waals surface area contributed by atoms with Gasteiger partial charge < -0.3 is 10.4 Å². The zero-order valence-corrected chi connectivity index (χ0v) is 11.5. The van der Waals surface area contributed by atoms with Crippen molar-refractivity contribution in [1.82, 2.24) is 0 Å². The number of halogens is 1. The van der Waals surface area contributed by atoms with E-state index in [4.69, 9.17) is 11.6 Å². The van der Waals surface area contributed by atoms with E-state index in [1.807, 2.05) is 19.1 Å². The van der Waals surface area contributed by atoms with E-state index in [9.17, 15) is 15.2 Å². The largest absolute Gasteiger partial charge is 0.508 e. The number of non-ortho nitro benzene ring substituents is 1. The van der Waals surface area contributed by atoms with Crippen molar-refractivity contribution in [2.24, 2.45) is 0 Å². The molecule has 0 aliphatic heterocycles. The van der Waals surface area contributed by atoms with Crippen LogP contribution in [0, 0.1) is 17.0 Å². The third-order valence-electron chi connectivity index (χ3n) is 2.87. The molecule has 0 radical (unpaired) electrons. The predicted octanol–water partition coefficient (Wildman–Crippen LogP) is 3.87. The normalized spacial score (nSPS) is 10.3. The van der Waals surface area contributed by atoms with Crippen LogP contribution < -0.4 is 5.32 Å². The average Bonchev–Trinajstić information content (AvgIpc) is 2.40. The lowest BCUT2D eigenvalue weighted by Crippen LogP contribution is -2.01. The van der Waals surface area contributed by atoms with Crippen molar-refractivity contribution >= 4 is 23.0 Å². The summed E-state index contributed by atoms with van der Waals surface area (Å²) in [6.45, 7) is 2.31. The van der Waals surface area contributed by atoms with E-state index in [1.54, 1.807) is 12.1 Å². The molecule has 2 aromatic rings. The summed E-state index contributed by atoms with van der Waals surface area (Å²) in [5, 5.41) is 23.7. The van der Waals surface area contributed by atoms with Gasteiger partial charge in [-0.05, 0) is 19.1 Å². The highest BCUT2D eigenvalue weighted by atomic mass is 35.5. The Balaban J connectivity index is 2.15. The van der Waals surface area contributed by atoms with Crippen LogP contribution in [0.25, 0.3) is 0 Å². The molecule has 2 rings (SSSR count). The number of hydrogen-bond donors (Lipinski definition) is 2. The lowest BCUT2D eigenvalue weighted by atomic mass is 10.1. The molecule has 0 aliphatic rings. The summed E-state index contributed by atoms with van der Waals surface area (Å²) in [5.41, 5.74) is 2.30. The summed E-state index contributed by atoms with van der Waals surface area (Å²) in [4.78, 5) is 10.1. The van der Waals surface area contributed by atoms with Crippen molar-refractivity contribution in [3.05, 3.63) is 62.7 Å². The van der Waals surface area contributed by atoms with E-state index >= 15 is 0 Å². The number of rotatable bonds is 4. The second kappa shape index (κ2) is 5.79. The summed E-state index contributed by atoms with van der Waals surface area (Å²) in [7, 11) is 0. The first-order valence-electron chi connectivity index (χ1n) is 5.93. The number of aromatic hydroxyl groups is 1. The van der Waals surface area contributed by atoms with Crippen LogP contribution in [-0.4, -0.2) is 10.0 Å². The number of nitro benzene ring substituents is 1. The molecule has 0 atom stereocenters. The van der Waals surface area contributed by atoms with Crippen LogP contribution in [0.15, 0.2) is 36.4 Å². The maximum atomic E-state index is 10.6. The lowest BCUT2D eigenvalue weighted by molar-refractivity contribution is -0.384. The number of phenolic OH excluding ortho intramolecular Hbond substituents is 1. The molecule has 0 heterocycles. The minimum absolute atomic E-state index is 0.0565. The minimum atomic E-state index is -0.498. The molecule has 5 nitrogen and oxygen atoms in total. The fraction of sp³-hybridized carbons (Fsp3) is 0.143. The van der Waals surface area contributed by atoms with Crippen molar-refractivity contribution in [2.45, 2.75) is 13.5 Å². The van der Waals surface area contributed by atoms with Crippen LogP contribution in [0.3, 0.4) is 0 Å². The maximum Gasteiger partial charge on any atom is 0.271 e. The smallest absolute Gasteiger partial charge is 0.271 e. The summed E-state index contributed by atoms with van der Waals surface area (Å²) in [5.74, 6) is 0.195. The minimum Gasteiger partial charge on any atom is -0.508 e. The molecular formula is C14H13ClN2O3. The molecule has 0 aromatic heterocycles. The van der Waals surface area contributed by atoms with E-state index in [0.29, 0.717) is 12.2 Å². The molecule has 2 aromatic carbocycles. The maximum absolute atomic E-state index is 10.6. The molecule has 0 saturated heterocycles. The van der Waals surface area contributed by atoms with Gasteiger partial charge >= 0.3 is 0 Å². The first-order valence-corrected chi connectivity index (χ1v) is 6.31. The molecule has 0 bridgehead atoms. The Labute approximate surface area is 121 Å². The van der Waals surface area contributed by atoms with Gasteiger partial charge in [-0.1, -0.05) is 29.3 Å². The van der Waals surface area contributed by atoms with E-state index < -0.39 is 4.92 Å². The van der Waals surface area contributed by atoms with Gasteiger partial charge in [0.2, 0.25) is 0 Å². The Morgan fingerprint density at radius 2 is 2.05 bits per heavy atom. The first-order chi connectivity index (χ1) is 9.47. The van der Waals surface area contributed by atoms with Crippen molar-refractivity contribution < 1.29 is 10.0 Å². The van der Waals surface area contributed by atoms with E-state index in [2.05, 4.69) is 5.32 Å². The highest BCUT2D eigenvalue weighted by Gasteiger charge is 2.09. The second-order valence-electron chi connectivity index (χ2n) is 4.41. The van der Waals surface area contributed by atoms with Gasteiger partial charge in [-0.2, -0.15) is 0 Å². The van der Waals surface area contributed by atoms with Gasteiger partial charge in [0.1, 0.15) is 5.75 Å². The number of nitrogens with zero attached hydrogens (tertiary/aromatic N) is 1. The highest BCUT2D eigenvalue weighted by Crippen LogP contribution is 2.28. The summed E-state index contributed by atoms with van der Waals surface area (Å²) >= 11 is 5.98. The third-order valence-corrected chi connectivity index (χ3v) is 3.18. The fourth-order valence-electron chi connectivity index (χ4n) is 1.81. The number of benzene rings is 2. The molecule has 6 heteroatoms. The van der Waals surface area contributed by atoms with Gasteiger partial charge in [0.25, 0.3) is 5.69 Å².